The molecule has 0 radical (unpaired) electrons. The molecule has 0 unspecified atom stereocenters. The van der Waals surface area contributed by atoms with Gasteiger partial charge in [0.25, 0.3) is 0 Å². The minimum Gasteiger partial charge on any atom is -0.361 e. The molecule has 152 valence electrons. The molecule has 2 N–H and O–H groups in total. The standard InChI is InChI=1S/C26H33N3/c1-3-20-11-12-26-25(16-20)23(18-29-26)13-14-27-19(2)22-8-6-7-21(15-22)17-28-24-9-4-5-10-24/h6-8,11-12,15-16,18,24,28-29H,3-5,9-10,13-14,17H2,1-2H3. The van der Waals surface area contributed by atoms with Crippen LogP contribution in [0.25, 0.3) is 10.9 Å². The van der Waals surface area contributed by atoms with Gasteiger partial charge in [-0.05, 0) is 73.1 Å². The number of nitrogens with zero attached hydrogens (tertiary/aromatic N) is 1. The summed E-state index contributed by atoms with van der Waals surface area (Å²) in [7, 11) is 0. The molecule has 4 rings (SSSR count). The Hall–Kier alpha value is -2.39. The van der Waals surface area contributed by atoms with Gasteiger partial charge < -0.3 is 10.3 Å². The molecule has 0 spiro atoms. The molecule has 3 nitrogen and oxygen atoms in total. The van der Waals surface area contributed by atoms with Gasteiger partial charge in [0.05, 0.1) is 0 Å². The smallest absolute Gasteiger partial charge is 0.0456 e. The van der Waals surface area contributed by atoms with E-state index in [2.05, 4.69) is 72.8 Å². The number of aliphatic imine (C=N–C) groups is 1. The van der Waals surface area contributed by atoms with Crippen LogP contribution in [0.2, 0.25) is 0 Å². The van der Waals surface area contributed by atoms with Gasteiger partial charge in [-0.3, -0.25) is 4.99 Å². The van der Waals surface area contributed by atoms with E-state index in [0.717, 1.165) is 31.6 Å². The summed E-state index contributed by atoms with van der Waals surface area (Å²) in [5.74, 6) is 0. The van der Waals surface area contributed by atoms with Gasteiger partial charge in [-0.25, -0.2) is 0 Å². The fraction of sp³-hybridized carbons (Fsp3) is 0.423. The Labute approximate surface area is 174 Å². The SMILES string of the molecule is CCc1ccc2[nH]cc(CCN=C(C)c3cccc(CNC4CCCC4)c3)c2c1. The number of nitrogens with one attached hydrogen (secondary N) is 2. The molecule has 0 bridgehead atoms. The van der Waals surface area contributed by atoms with E-state index in [1.807, 2.05) is 0 Å². The van der Waals surface area contributed by atoms with Gasteiger partial charge in [0.1, 0.15) is 0 Å². The lowest BCUT2D eigenvalue weighted by Gasteiger charge is -2.12. The second-order valence-electron chi connectivity index (χ2n) is 8.33. The van der Waals surface area contributed by atoms with Crippen LogP contribution >= 0.6 is 0 Å². The van der Waals surface area contributed by atoms with Crippen LogP contribution in [-0.4, -0.2) is 23.3 Å². The van der Waals surface area contributed by atoms with E-state index in [0.29, 0.717) is 6.04 Å². The van der Waals surface area contributed by atoms with E-state index in [4.69, 9.17) is 4.99 Å². The highest BCUT2D eigenvalue weighted by Gasteiger charge is 2.13. The normalized spacial score (nSPS) is 15.4. The number of H-pyrrole nitrogens is 1. The first kappa shape index (κ1) is 19.9. The molecule has 2 aromatic carbocycles. The predicted octanol–water partition coefficient (Wildman–Crippen LogP) is 5.81. The Morgan fingerprint density at radius 1 is 1.10 bits per heavy atom. The number of aryl methyl sites for hydroxylation is 1. The lowest BCUT2D eigenvalue weighted by Crippen LogP contribution is -2.25. The Morgan fingerprint density at radius 3 is 2.79 bits per heavy atom. The maximum absolute atomic E-state index is 4.88. The van der Waals surface area contributed by atoms with Crippen LogP contribution in [-0.2, 0) is 19.4 Å². The monoisotopic (exact) mass is 387 g/mol. The van der Waals surface area contributed by atoms with Gasteiger partial charge >= 0.3 is 0 Å². The number of aromatic amines is 1. The third-order valence-corrected chi connectivity index (χ3v) is 6.26. The number of benzene rings is 2. The summed E-state index contributed by atoms with van der Waals surface area (Å²) < 4.78 is 0. The average Bonchev–Trinajstić information content (AvgIpc) is 3.42. The molecule has 0 atom stereocenters. The topological polar surface area (TPSA) is 40.2 Å². The Morgan fingerprint density at radius 2 is 1.97 bits per heavy atom. The van der Waals surface area contributed by atoms with E-state index < -0.39 is 0 Å². The highest BCUT2D eigenvalue weighted by molar-refractivity contribution is 5.98. The number of rotatable bonds is 8. The van der Waals surface area contributed by atoms with E-state index >= 15 is 0 Å². The van der Waals surface area contributed by atoms with E-state index in [9.17, 15) is 0 Å². The van der Waals surface area contributed by atoms with Crippen molar-refractivity contribution in [1.29, 1.82) is 0 Å². The Bertz CT molecular complexity index is 977. The largest absolute Gasteiger partial charge is 0.361 e. The molecule has 1 heterocycles. The van der Waals surface area contributed by atoms with Crippen LogP contribution in [0.3, 0.4) is 0 Å². The first-order valence-corrected chi connectivity index (χ1v) is 11.2. The maximum Gasteiger partial charge on any atom is 0.0456 e. The van der Waals surface area contributed by atoms with Gasteiger partial charge in [0, 0.05) is 41.9 Å². The lowest BCUT2D eigenvalue weighted by molar-refractivity contribution is 0.524. The summed E-state index contributed by atoms with van der Waals surface area (Å²) in [6, 6.07) is 16.3. The van der Waals surface area contributed by atoms with E-state index in [1.165, 1.54) is 58.8 Å². The first-order chi connectivity index (χ1) is 14.2. The van der Waals surface area contributed by atoms with Gasteiger partial charge in [0.15, 0.2) is 0 Å². The summed E-state index contributed by atoms with van der Waals surface area (Å²) in [5, 5.41) is 5.05. The van der Waals surface area contributed by atoms with Crippen LogP contribution < -0.4 is 5.32 Å². The molecule has 0 saturated heterocycles. The lowest BCUT2D eigenvalue weighted by atomic mass is 10.1. The summed E-state index contributed by atoms with van der Waals surface area (Å²) in [5.41, 5.74) is 7.69. The van der Waals surface area contributed by atoms with Crippen molar-refractivity contribution >= 4 is 16.6 Å². The minimum absolute atomic E-state index is 0.706. The summed E-state index contributed by atoms with van der Waals surface area (Å²) in [4.78, 5) is 8.28. The van der Waals surface area contributed by atoms with E-state index in [1.54, 1.807) is 0 Å². The van der Waals surface area contributed by atoms with Gasteiger partial charge in [0.2, 0.25) is 0 Å². The Kier molecular flexibility index (Phi) is 6.46. The molecule has 1 fully saturated rings. The molecule has 3 aromatic rings. The third-order valence-electron chi connectivity index (χ3n) is 6.26. The van der Waals surface area contributed by atoms with E-state index in [-0.39, 0.29) is 0 Å². The van der Waals surface area contributed by atoms with Crippen molar-refractivity contribution in [2.45, 2.75) is 65.0 Å². The van der Waals surface area contributed by atoms with Crippen molar-refractivity contribution in [2.24, 2.45) is 4.99 Å². The number of hydrogen-bond donors (Lipinski definition) is 2. The number of aromatic nitrogens is 1. The zero-order valence-corrected chi connectivity index (χ0v) is 17.8. The van der Waals surface area contributed by atoms with Crippen molar-refractivity contribution in [3.63, 3.8) is 0 Å². The molecule has 1 saturated carbocycles. The highest BCUT2D eigenvalue weighted by atomic mass is 14.9. The molecule has 0 amide bonds. The average molecular weight is 388 g/mol. The number of fused-ring (bicyclic) bond motifs is 1. The van der Waals surface area contributed by atoms with Gasteiger partial charge in [-0.15, -0.1) is 0 Å². The molecular weight excluding hydrogens is 354 g/mol. The molecule has 1 aromatic heterocycles. The molecule has 1 aliphatic rings. The van der Waals surface area contributed by atoms with Crippen molar-refractivity contribution in [2.75, 3.05) is 6.54 Å². The molecule has 3 heteroatoms. The molecule has 0 aliphatic heterocycles. The second kappa shape index (κ2) is 9.41. The van der Waals surface area contributed by atoms with Crippen LogP contribution in [0, 0.1) is 0 Å². The van der Waals surface area contributed by atoms with Gasteiger partial charge in [-0.2, -0.15) is 0 Å². The predicted molar refractivity (Wildman–Crippen MR) is 124 cm³/mol. The fourth-order valence-corrected chi connectivity index (χ4v) is 4.39. The zero-order valence-electron chi connectivity index (χ0n) is 17.8. The van der Waals surface area contributed by atoms with Crippen molar-refractivity contribution in [3.05, 3.63) is 70.9 Å². The third kappa shape index (κ3) is 4.97. The van der Waals surface area contributed by atoms with Crippen LogP contribution in [0.5, 0.6) is 0 Å². The summed E-state index contributed by atoms with van der Waals surface area (Å²) in [6.07, 6.45) is 9.59. The van der Waals surface area contributed by atoms with Crippen LogP contribution in [0.15, 0.2) is 53.7 Å². The second-order valence-corrected chi connectivity index (χ2v) is 8.33. The van der Waals surface area contributed by atoms with Crippen molar-refractivity contribution < 1.29 is 0 Å². The first-order valence-electron chi connectivity index (χ1n) is 11.2. The summed E-state index contributed by atoms with van der Waals surface area (Å²) >= 11 is 0. The fourth-order valence-electron chi connectivity index (χ4n) is 4.39. The minimum atomic E-state index is 0.706. The number of hydrogen-bond acceptors (Lipinski definition) is 2. The van der Waals surface area contributed by atoms with Crippen LogP contribution in [0.4, 0.5) is 0 Å². The van der Waals surface area contributed by atoms with Crippen molar-refractivity contribution in [3.8, 4) is 0 Å². The Balaban J connectivity index is 1.38. The quantitative estimate of drug-likeness (QED) is 0.470. The van der Waals surface area contributed by atoms with Crippen molar-refractivity contribution in [1.82, 2.24) is 10.3 Å². The molecule has 1 aliphatic carbocycles. The zero-order chi connectivity index (χ0) is 20.1. The maximum atomic E-state index is 4.88. The van der Waals surface area contributed by atoms with Crippen LogP contribution in [0.1, 0.15) is 61.8 Å². The molecule has 29 heavy (non-hydrogen) atoms. The van der Waals surface area contributed by atoms with Gasteiger partial charge in [-0.1, -0.05) is 44.0 Å². The highest BCUT2D eigenvalue weighted by Crippen LogP contribution is 2.21. The summed E-state index contributed by atoms with van der Waals surface area (Å²) in [6.45, 7) is 6.12. The molecular formula is C26H33N3.